The van der Waals surface area contributed by atoms with Gasteiger partial charge in [0.05, 0.1) is 6.04 Å². The first kappa shape index (κ1) is 25.4. The summed E-state index contributed by atoms with van der Waals surface area (Å²) in [6.45, 7) is 4.26. The van der Waals surface area contributed by atoms with Crippen LogP contribution in [0.5, 0.6) is 0 Å². The van der Waals surface area contributed by atoms with E-state index >= 15 is 0 Å². The molecule has 6 nitrogen and oxygen atoms in total. The van der Waals surface area contributed by atoms with Crippen LogP contribution in [0.1, 0.15) is 44.2 Å². The molecular formula is C21H30ClF3N4O2. The molecule has 2 amide bonds. The van der Waals surface area contributed by atoms with Gasteiger partial charge in [0.2, 0.25) is 11.8 Å². The average molecular weight is 463 g/mol. The molecular weight excluding hydrogens is 433 g/mol. The number of nitrogens with one attached hydrogen (secondary N) is 1. The van der Waals surface area contributed by atoms with Gasteiger partial charge in [0.15, 0.2) is 0 Å². The van der Waals surface area contributed by atoms with Gasteiger partial charge in [0.1, 0.15) is 12.1 Å². The Balaban J connectivity index is 2.08. The zero-order valence-corrected chi connectivity index (χ0v) is 18.5. The van der Waals surface area contributed by atoms with E-state index in [0.29, 0.717) is 35.5 Å². The molecule has 1 aliphatic rings. The van der Waals surface area contributed by atoms with Gasteiger partial charge in [-0.2, -0.15) is 13.2 Å². The molecule has 31 heavy (non-hydrogen) atoms. The standard InChI is InChI=1S/C21H30ClF3N4O2/c1-3-12(2)18(27)20(31)29-8-4-5-16(29)19(30)28-11-14-9-15(22)7-6-13(14)10-17(26)21(23,24)25/h6-7,9,12,16-18H,3-5,8,10-11,26-27H2,1-2H3,(H,28,30)/t12?,16-,17?,18+/m0/s1. The van der Waals surface area contributed by atoms with Gasteiger partial charge < -0.3 is 21.7 Å². The molecule has 0 radical (unpaired) electrons. The van der Waals surface area contributed by atoms with Crippen LogP contribution in [0.4, 0.5) is 13.2 Å². The molecule has 1 aromatic rings. The Morgan fingerprint density at radius 3 is 2.58 bits per heavy atom. The van der Waals surface area contributed by atoms with Crippen molar-refractivity contribution >= 4 is 23.4 Å². The maximum Gasteiger partial charge on any atom is 0.403 e. The lowest BCUT2D eigenvalue weighted by atomic mass is 9.98. The fraction of sp³-hybridized carbons (Fsp3) is 0.619. The normalized spacial score (nSPS) is 19.7. The number of rotatable bonds is 8. The van der Waals surface area contributed by atoms with Gasteiger partial charge in [-0.05, 0) is 48.4 Å². The van der Waals surface area contributed by atoms with E-state index in [4.69, 9.17) is 23.1 Å². The summed E-state index contributed by atoms with van der Waals surface area (Å²) in [7, 11) is 0. The first-order valence-electron chi connectivity index (χ1n) is 10.4. The van der Waals surface area contributed by atoms with Crippen LogP contribution in [0.25, 0.3) is 0 Å². The zero-order chi connectivity index (χ0) is 23.3. The maximum atomic E-state index is 12.9. The number of nitrogens with zero attached hydrogens (tertiary/aromatic N) is 1. The van der Waals surface area contributed by atoms with Gasteiger partial charge in [0.25, 0.3) is 0 Å². The lowest BCUT2D eigenvalue weighted by Gasteiger charge is -2.29. The van der Waals surface area contributed by atoms with Crippen molar-refractivity contribution < 1.29 is 22.8 Å². The van der Waals surface area contributed by atoms with Gasteiger partial charge in [-0.1, -0.05) is 37.9 Å². The number of likely N-dealkylation sites (tertiary alicyclic amines) is 1. The van der Waals surface area contributed by atoms with Crippen molar-refractivity contribution in [2.45, 2.75) is 70.4 Å². The van der Waals surface area contributed by atoms with E-state index in [-0.39, 0.29) is 24.3 Å². The van der Waals surface area contributed by atoms with Crippen molar-refractivity contribution in [3.63, 3.8) is 0 Å². The second-order valence-corrected chi connectivity index (χ2v) is 8.52. The number of hydrogen-bond acceptors (Lipinski definition) is 4. The Hall–Kier alpha value is -1.84. The van der Waals surface area contributed by atoms with Gasteiger partial charge in [0, 0.05) is 18.1 Å². The number of nitrogens with two attached hydrogens (primary N) is 2. The van der Waals surface area contributed by atoms with E-state index in [9.17, 15) is 22.8 Å². The number of halogens is 4. The quantitative estimate of drug-likeness (QED) is 0.553. The smallest absolute Gasteiger partial charge is 0.350 e. The van der Waals surface area contributed by atoms with Crippen molar-refractivity contribution in [1.82, 2.24) is 10.2 Å². The SMILES string of the molecule is CCC(C)[C@@H](N)C(=O)N1CCC[C@H]1C(=O)NCc1cc(Cl)ccc1CC(N)C(F)(F)F. The van der Waals surface area contributed by atoms with E-state index in [0.717, 1.165) is 6.42 Å². The first-order chi connectivity index (χ1) is 14.5. The molecule has 4 atom stereocenters. The predicted molar refractivity (Wildman–Crippen MR) is 113 cm³/mol. The van der Waals surface area contributed by atoms with Gasteiger partial charge in [-0.25, -0.2) is 0 Å². The van der Waals surface area contributed by atoms with E-state index in [2.05, 4.69) is 5.32 Å². The molecule has 0 spiro atoms. The van der Waals surface area contributed by atoms with Crippen molar-refractivity contribution in [1.29, 1.82) is 0 Å². The van der Waals surface area contributed by atoms with Crippen LogP contribution in [0.15, 0.2) is 18.2 Å². The highest BCUT2D eigenvalue weighted by Crippen LogP contribution is 2.25. The highest BCUT2D eigenvalue weighted by molar-refractivity contribution is 6.30. The second kappa shape index (κ2) is 10.7. The minimum absolute atomic E-state index is 0.0105. The van der Waals surface area contributed by atoms with Crippen molar-refractivity contribution in [2.24, 2.45) is 17.4 Å². The number of amides is 2. The fourth-order valence-corrected chi connectivity index (χ4v) is 3.80. The molecule has 0 saturated carbocycles. The number of carbonyl (C=O) groups excluding carboxylic acids is 2. The summed E-state index contributed by atoms with van der Waals surface area (Å²) in [5, 5.41) is 3.07. The topological polar surface area (TPSA) is 101 Å². The van der Waals surface area contributed by atoms with Crippen LogP contribution in [0.3, 0.4) is 0 Å². The Labute approximate surface area is 185 Å². The molecule has 5 N–H and O–H groups in total. The van der Waals surface area contributed by atoms with Gasteiger partial charge >= 0.3 is 6.18 Å². The zero-order valence-electron chi connectivity index (χ0n) is 17.7. The van der Waals surface area contributed by atoms with E-state index in [1.807, 2.05) is 13.8 Å². The highest BCUT2D eigenvalue weighted by atomic mass is 35.5. The van der Waals surface area contributed by atoms with Crippen LogP contribution in [-0.4, -0.2) is 47.6 Å². The Bertz CT molecular complexity index is 790. The summed E-state index contributed by atoms with van der Waals surface area (Å²) in [6, 6.07) is 1.12. The monoisotopic (exact) mass is 462 g/mol. The fourth-order valence-electron chi connectivity index (χ4n) is 3.60. The Kier molecular flexibility index (Phi) is 8.73. The van der Waals surface area contributed by atoms with E-state index < -0.39 is 30.7 Å². The molecule has 1 heterocycles. The molecule has 1 aliphatic heterocycles. The molecule has 0 aromatic heterocycles. The van der Waals surface area contributed by atoms with Crippen molar-refractivity contribution in [2.75, 3.05) is 6.54 Å². The van der Waals surface area contributed by atoms with E-state index in [1.54, 1.807) is 0 Å². The third kappa shape index (κ3) is 6.57. The molecule has 2 unspecified atom stereocenters. The number of hydrogen-bond donors (Lipinski definition) is 3. The minimum Gasteiger partial charge on any atom is -0.350 e. The van der Waals surface area contributed by atoms with Crippen LogP contribution in [0, 0.1) is 5.92 Å². The summed E-state index contributed by atoms with van der Waals surface area (Å²) in [5.41, 5.74) is 12.1. The summed E-state index contributed by atoms with van der Waals surface area (Å²) in [6.07, 6.45) is -3.02. The summed E-state index contributed by atoms with van der Waals surface area (Å²) >= 11 is 6.00. The summed E-state index contributed by atoms with van der Waals surface area (Å²) in [4.78, 5) is 27.0. The van der Waals surface area contributed by atoms with Crippen LogP contribution >= 0.6 is 11.6 Å². The lowest BCUT2D eigenvalue weighted by molar-refractivity contribution is -0.147. The molecule has 1 saturated heterocycles. The predicted octanol–water partition coefficient (Wildman–Crippen LogP) is 2.75. The maximum absolute atomic E-state index is 12.9. The largest absolute Gasteiger partial charge is 0.403 e. The molecule has 2 rings (SSSR count). The number of carbonyl (C=O) groups is 2. The average Bonchev–Trinajstić information content (AvgIpc) is 3.21. The van der Waals surface area contributed by atoms with Gasteiger partial charge in [-0.3, -0.25) is 9.59 Å². The first-order valence-corrected chi connectivity index (χ1v) is 10.8. The summed E-state index contributed by atoms with van der Waals surface area (Å²) < 4.78 is 38.6. The highest BCUT2D eigenvalue weighted by Gasteiger charge is 2.38. The molecule has 0 aliphatic carbocycles. The van der Waals surface area contributed by atoms with Crippen molar-refractivity contribution in [3.8, 4) is 0 Å². The second-order valence-electron chi connectivity index (χ2n) is 8.08. The third-order valence-electron chi connectivity index (χ3n) is 5.86. The van der Waals surface area contributed by atoms with Crippen LogP contribution in [-0.2, 0) is 22.6 Å². The van der Waals surface area contributed by atoms with Gasteiger partial charge in [-0.15, -0.1) is 0 Å². The Morgan fingerprint density at radius 2 is 1.97 bits per heavy atom. The molecule has 1 aromatic carbocycles. The molecule has 1 fully saturated rings. The molecule has 0 bridgehead atoms. The van der Waals surface area contributed by atoms with E-state index in [1.165, 1.54) is 23.1 Å². The molecule has 10 heteroatoms. The molecule has 174 valence electrons. The number of alkyl halides is 3. The lowest BCUT2D eigenvalue weighted by Crippen LogP contribution is -2.52. The summed E-state index contributed by atoms with van der Waals surface area (Å²) in [5.74, 6) is -0.636. The van der Waals surface area contributed by atoms with Crippen molar-refractivity contribution in [3.05, 3.63) is 34.3 Å². The van der Waals surface area contributed by atoms with Crippen LogP contribution in [0.2, 0.25) is 5.02 Å². The third-order valence-corrected chi connectivity index (χ3v) is 6.10. The minimum atomic E-state index is -4.53. The Morgan fingerprint density at radius 1 is 1.29 bits per heavy atom. The van der Waals surface area contributed by atoms with Crippen LogP contribution < -0.4 is 16.8 Å². The number of benzene rings is 1.